The van der Waals surface area contributed by atoms with E-state index in [-0.39, 0.29) is 6.61 Å². The van der Waals surface area contributed by atoms with Crippen LogP contribution in [0, 0.1) is 0 Å². The first-order chi connectivity index (χ1) is 12.8. The number of nitrogens with one attached hydrogen (secondary N) is 2. The van der Waals surface area contributed by atoms with E-state index < -0.39 is 0 Å². The molecule has 0 aliphatic carbocycles. The second-order valence-corrected chi connectivity index (χ2v) is 5.56. The Morgan fingerprint density at radius 1 is 1.23 bits per heavy atom. The average Bonchev–Trinajstić information content (AvgIpc) is 3.41. The normalized spacial score (nSPS) is 11.0. The highest BCUT2D eigenvalue weighted by molar-refractivity contribution is 5.68. The van der Waals surface area contributed by atoms with Gasteiger partial charge in [-0.2, -0.15) is 10.2 Å². The Kier molecular flexibility index (Phi) is 4.44. The van der Waals surface area contributed by atoms with Crippen LogP contribution in [0.2, 0.25) is 0 Å². The minimum absolute atomic E-state index is 0.00243. The molecule has 3 N–H and O–H groups in total. The second kappa shape index (κ2) is 7.19. The van der Waals surface area contributed by atoms with Gasteiger partial charge in [-0.05, 0) is 18.2 Å². The molecular formula is C17H17N7O2. The van der Waals surface area contributed by atoms with E-state index in [1.165, 1.54) is 0 Å². The maximum absolute atomic E-state index is 9.16. The predicted octanol–water partition coefficient (Wildman–Crippen LogP) is 1.93. The molecule has 4 aromatic heterocycles. The molecule has 9 nitrogen and oxygen atoms in total. The Bertz CT molecular complexity index is 960. The largest absolute Gasteiger partial charge is 0.459 e. The Hall–Kier alpha value is -3.46. The highest BCUT2D eigenvalue weighted by Crippen LogP contribution is 2.25. The molecule has 0 unspecified atom stereocenters. The Labute approximate surface area is 148 Å². The van der Waals surface area contributed by atoms with Gasteiger partial charge >= 0.3 is 0 Å². The lowest BCUT2D eigenvalue weighted by atomic mass is 10.3. The molecule has 0 aromatic carbocycles. The zero-order chi connectivity index (χ0) is 17.8. The molecule has 0 aliphatic heterocycles. The number of aliphatic hydroxyl groups is 1. The van der Waals surface area contributed by atoms with Crippen molar-refractivity contribution in [2.75, 3.05) is 11.9 Å². The lowest BCUT2D eigenvalue weighted by molar-refractivity contribution is 0.269. The lowest BCUT2D eigenvalue weighted by Crippen LogP contribution is -2.02. The van der Waals surface area contributed by atoms with Gasteiger partial charge < -0.3 is 14.8 Å². The fourth-order valence-corrected chi connectivity index (χ4v) is 2.55. The number of aromatic amines is 1. The molecule has 4 aromatic rings. The monoisotopic (exact) mass is 351 g/mol. The van der Waals surface area contributed by atoms with E-state index in [2.05, 4.69) is 30.6 Å². The van der Waals surface area contributed by atoms with E-state index in [1.807, 2.05) is 18.3 Å². The van der Waals surface area contributed by atoms with Gasteiger partial charge in [0, 0.05) is 24.8 Å². The first-order valence-corrected chi connectivity index (χ1v) is 8.11. The van der Waals surface area contributed by atoms with Crippen molar-refractivity contribution in [2.45, 2.75) is 13.1 Å². The highest BCUT2D eigenvalue weighted by atomic mass is 16.3. The highest BCUT2D eigenvalue weighted by Gasteiger charge is 2.14. The maximum atomic E-state index is 9.16. The molecule has 4 rings (SSSR count). The number of rotatable bonds is 7. The van der Waals surface area contributed by atoms with Crippen LogP contribution < -0.4 is 5.32 Å². The molecule has 0 saturated heterocycles. The summed E-state index contributed by atoms with van der Waals surface area (Å²) in [6.07, 6.45) is 8.64. The van der Waals surface area contributed by atoms with Crippen molar-refractivity contribution in [1.82, 2.24) is 29.9 Å². The molecule has 0 aliphatic rings. The molecule has 0 spiro atoms. The minimum Gasteiger partial charge on any atom is -0.459 e. The topological polar surface area (TPSA) is 118 Å². The second-order valence-electron chi connectivity index (χ2n) is 5.56. The fourth-order valence-electron chi connectivity index (χ4n) is 2.55. The predicted molar refractivity (Wildman–Crippen MR) is 94.0 cm³/mol. The van der Waals surface area contributed by atoms with Gasteiger partial charge in [-0.3, -0.25) is 9.78 Å². The number of hydrogen-bond donors (Lipinski definition) is 3. The number of H-pyrrole nitrogens is 1. The number of nitrogens with zero attached hydrogens (tertiary/aromatic N) is 5. The third-order valence-corrected chi connectivity index (χ3v) is 3.77. The minimum atomic E-state index is 0.00243. The summed E-state index contributed by atoms with van der Waals surface area (Å²) in [4.78, 5) is 8.51. The molecule has 0 fully saturated rings. The quantitative estimate of drug-likeness (QED) is 0.465. The summed E-state index contributed by atoms with van der Waals surface area (Å²) in [6.45, 7) is 0.873. The van der Waals surface area contributed by atoms with Gasteiger partial charge in [0.25, 0.3) is 0 Å². The van der Waals surface area contributed by atoms with Crippen molar-refractivity contribution in [3.05, 3.63) is 54.9 Å². The van der Waals surface area contributed by atoms with Crippen LogP contribution in [0.25, 0.3) is 22.8 Å². The fraction of sp³-hybridized carbons (Fsp3) is 0.176. The van der Waals surface area contributed by atoms with Crippen LogP contribution in [0.3, 0.4) is 0 Å². The zero-order valence-corrected chi connectivity index (χ0v) is 13.8. The van der Waals surface area contributed by atoms with Crippen molar-refractivity contribution in [1.29, 1.82) is 0 Å². The molecule has 9 heteroatoms. The first kappa shape index (κ1) is 16.0. The summed E-state index contributed by atoms with van der Waals surface area (Å²) in [5.74, 6) is 2.04. The van der Waals surface area contributed by atoms with Gasteiger partial charge in [0.2, 0.25) is 0 Å². The molecule has 0 amide bonds. The van der Waals surface area contributed by atoms with Crippen molar-refractivity contribution in [3.8, 4) is 22.8 Å². The van der Waals surface area contributed by atoms with Gasteiger partial charge in [-0.25, -0.2) is 9.97 Å². The van der Waals surface area contributed by atoms with Gasteiger partial charge in [0.05, 0.1) is 37.1 Å². The van der Waals surface area contributed by atoms with Gasteiger partial charge in [-0.1, -0.05) is 0 Å². The van der Waals surface area contributed by atoms with E-state index in [9.17, 15) is 0 Å². The number of furan rings is 1. The Morgan fingerprint density at radius 3 is 2.88 bits per heavy atom. The molecule has 0 radical (unpaired) electrons. The van der Waals surface area contributed by atoms with Crippen LogP contribution in [-0.2, 0) is 13.1 Å². The number of aromatic nitrogens is 6. The summed E-state index contributed by atoms with van der Waals surface area (Å²) in [5, 5.41) is 23.6. The molecule has 0 atom stereocenters. The Balaban J connectivity index is 1.54. The van der Waals surface area contributed by atoms with E-state index in [0.29, 0.717) is 24.6 Å². The molecule has 132 valence electrons. The van der Waals surface area contributed by atoms with Crippen molar-refractivity contribution >= 4 is 5.69 Å². The summed E-state index contributed by atoms with van der Waals surface area (Å²) >= 11 is 0. The summed E-state index contributed by atoms with van der Waals surface area (Å²) in [5.41, 5.74) is 2.29. The van der Waals surface area contributed by atoms with Crippen LogP contribution in [-0.4, -0.2) is 41.7 Å². The van der Waals surface area contributed by atoms with Crippen LogP contribution in [0.1, 0.15) is 5.76 Å². The standard InChI is InChI=1S/C17H17N7O2/c25-7-6-24-11-14(16(23-24)17-18-4-1-5-19-17)20-10-13-2-3-15(26-13)12-8-21-22-9-12/h1-5,8-9,11,20,25H,6-7,10H2,(H,21,22). The van der Waals surface area contributed by atoms with Gasteiger partial charge in [-0.15, -0.1) is 0 Å². The van der Waals surface area contributed by atoms with E-state index in [4.69, 9.17) is 9.52 Å². The molecule has 26 heavy (non-hydrogen) atoms. The SMILES string of the molecule is OCCn1cc(NCc2ccc(-c3cn[nH]c3)o2)c(-c2ncccn2)n1. The smallest absolute Gasteiger partial charge is 0.182 e. The zero-order valence-electron chi connectivity index (χ0n) is 13.8. The van der Waals surface area contributed by atoms with Gasteiger partial charge in [0.1, 0.15) is 11.5 Å². The number of hydrogen-bond acceptors (Lipinski definition) is 7. The van der Waals surface area contributed by atoms with Crippen LogP contribution >= 0.6 is 0 Å². The molecule has 4 heterocycles. The first-order valence-electron chi connectivity index (χ1n) is 8.11. The van der Waals surface area contributed by atoms with E-state index >= 15 is 0 Å². The van der Waals surface area contributed by atoms with E-state index in [1.54, 1.807) is 35.5 Å². The molecular weight excluding hydrogens is 334 g/mol. The number of anilines is 1. The van der Waals surface area contributed by atoms with Crippen molar-refractivity contribution in [2.24, 2.45) is 0 Å². The Morgan fingerprint density at radius 2 is 2.12 bits per heavy atom. The average molecular weight is 351 g/mol. The summed E-state index contributed by atoms with van der Waals surface area (Å²) < 4.78 is 7.49. The third-order valence-electron chi connectivity index (χ3n) is 3.77. The lowest BCUT2D eigenvalue weighted by Gasteiger charge is -2.03. The van der Waals surface area contributed by atoms with Crippen molar-refractivity contribution < 1.29 is 9.52 Å². The summed E-state index contributed by atoms with van der Waals surface area (Å²) in [7, 11) is 0. The van der Waals surface area contributed by atoms with E-state index in [0.717, 1.165) is 22.8 Å². The maximum Gasteiger partial charge on any atom is 0.182 e. The van der Waals surface area contributed by atoms with Gasteiger partial charge in [0.15, 0.2) is 11.5 Å². The molecule has 0 bridgehead atoms. The van der Waals surface area contributed by atoms with Crippen molar-refractivity contribution in [3.63, 3.8) is 0 Å². The molecule has 0 saturated carbocycles. The summed E-state index contributed by atoms with van der Waals surface area (Å²) in [6, 6.07) is 5.56. The van der Waals surface area contributed by atoms with Crippen LogP contribution in [0.15, 0.2) is 53.6 Å². The number of aliphatic hydroxyl groups excluding tert-OH is 1. The van der Waals surface area contributed by atoms with Crippen LogP contribution in [0.4, 0.5) is 5.69 Å². The van der Waals surface area contributed by atoms with Crippen LogP contribution in [0.5, 0.6) is 0 Å². The third kappa shape index (κ3) is 3.33.